The van der Waals surface area contributed by atoms with Gasteiger partial charge in [-0.1, -0.05) is 17.7 Å². The van der Waals surface area contributed by atoms with Crippen molar-refractivity contribution in [3.05, 3.63) is 53.6 Å². The van der Waals surface area contributed by atoms with Gasteiger partial charge in [-0.15, -0.1) is 0 Å². The molecule has 0 spiro atoms. The van der Waals surface area contributed by atoms with Crippen LogP contribution < -0.4 is 10.1 Å². The molecule has 0 aliphatic heterocycles. The molecule has 0 radical (unpaired) electrons. The minimum atomic E-state index is -3.78. The highest BCUT2D eigenvalue weighted by Crippen LogP contribution is 2.19. The van der Waals surface area contributed by atoms with Crippen molar-refractivity contribution in [2.75, 3.05) is 25.5 Å². The Kier molecular flexibility index (Phi) is 6.41. The van der Waals surface area contributed by atoms with E-state index in [4.69, 9.17) is 16.3 Å². The number of nitrogens with zero attached hydrogens (tertiary/aromatic N) is 1. The summed E-state index contributed by atoms with van der Waals surface area (Å²) in [4.78, 5) is 12.2. The molecule has 8 heteroatoms. The molecule has 0 bridgehead atoms. The number of likely N-dealkylation sites (N-methyl/N-ethyl adjacent to an activating group) is 1. The fraction of sp³-hybridized carbons (Fsp3) is 0.235. The predicted octanol–water partition coefficient (Wildman–Crippen LogP) is 3.00. The third kappa shape index (κ3) is 5.19. The number of rotatable bonds is 7. The minimum absolute atomic E-state index is 0.0917. The zero-order valence-corrected chi connectivity index (χ0v) is 15.5. The molecule has 6 nitrogen and oxygen atoms in total. The van der Waals surface area contributed by atoms with Gasteiger partial charge < -0.3 is 10.1 Å². The summed E-state index contributed by atoms with van der Waals surface area (Å²) in [5.74, 6) is 0.127. The van der Waals surface area contributed by atoms with Gasteiger partial charge in [0.2, 0.25) is 15.9 Å². The van der Waals surface area contributed by atoms with E-state index in [0.29, 0.717) is 23.1 Å². The normalized spacial score (nSPS) is 11.4. The maximum Gasteiger partial charge on any atom is 0.243 e. The number of carbonyl (C=O) groups is 1. The van der Waals surface area contributed by atoms with E-state index in [9.17, 15) is 13.2 Å². The molecule has 2 rings (SSSR count). The van der Waals surface area contributed by atoms with Crippen molar-refractivity contribution in [3.63, 3.8) is 0 Å². The van der Waals surface area contributed by atoms with Gasteiger partial charge in [-0.25, -0.2) is 8.42 Å². The van der Waals surface area contributed by atoms with Crippen molar-refractivity contribution in [2.24, 2.45) is 0 Å². The van der Waals surface area contributed by atoms with Crippen molar-refractivity contribution in [1.82, 2.24) is 4.31 Å². The minimum Gasteiger partial charge on any atom is -0.494 e. The van der Waals surface area contributed by atoms with Gasteiger partial charge in [-0.05, 0) is 49.4 Å². The first-order valence-electron chi connectivity index (χ1n) is 7.57. The lowest BCUT2D eigenvalue weighted by molar-refractivity contribution is -0.116. The van der Waals surface area contributed by atoms with Gasteiger partial charge in [0, 0.05) is 17.8 Å². The summed E-state index contributed by atoms with van der Waals surface area (Å²) in [6.07, 6.45) is 0. The van der Waals surface area contributed by atoms with Crippen LogP contribution in [0.25, 0.3) is 0 Å². The lowest BCUT2D eigenvalue weighted by Gasteiger charge is -2.17. The number of nitrogens with one attached hydrogen (secondary N) is 1. The van der Waals surface area contributed by atoms with Crippen LogP contribution in [0.2, 0.25) is 5.02 Å². The molecular weight excluding hydrogens is 364 g/mol. The van der Waals surface area contributed by atoms with Crippen LogP contribution in [0, 0.1) is 0 Å². The Morgan fingerprint density at radius 3 is 2.48 bits per heavy atom. The van der Waals surface area contributed by atoms with E-state index >= 15 is 0 Å². The van der Waals surface area contributed by atoms with Crippen molar-refractivity contribution < 1.29 is 17.9 Å². The Morgan fingerprint density at radius 1 is 1.20 bits per heavy atom. The van der Waals surface area contributed by atoms with Crippen molar-refractivity contribution in [1.29, 1.82) is 0 Å². The Morgan fingerprint density at radius 2 is 1.88 bits per heavy atom. The summed E-state index contributed by atoms with van der Waals surface area (Å²) in [5.41, 5.74) is 0.504. The molecule has 0 unspecified atom stereocenters. The van der Waals surface area contributed by atoms with E-state index in [-0.39, 0.29) is 11.4 Å². The number of carbonyl (C=O) groups excluding carboxylic acids is 1. The average molecular weight is 383 g/mol. The van der Waals surface area contributed by atoms with Crippen molar-refractivity contribution in [2.45, 2.75) is 11.8 Å². The first-order valence-corrected chi connectivity index (χ1v) is 9.39. The van der Waals surface area contributed by atoms with Gasteiger partial charge >= 0.3 is 0 Å². The van der Waals surface area contributed by atoms with Crippen LogP contribution >= 0.6 is 11.6 Å². The molecule has 1 N–H and O–H groups in total. The van der Waals surface area contributed by atoms with Gasteiger partial charge in [-0.3, -0.25) is 4.79 Å². The molecule has 0 aromatic heterocycles. The number of amides is 1. The molecule has 0 saturated heterocycles. The summed E-state index contributed by atoms with van der Waals surface area (Å²) in [7, 11) is -2.42. The molecule has 2 aromatic rings. The number of ether oxygens (including phenoxy) is 1. The van der Waals surface area contributed by atoms with Crippen LogP contribution in [0.3, 0.4) is 0 Å². The van der Waals surface area contributed by atoms with Gasteiger partial charge in [0.15, 0.2) is 0 Å². The monoisotopic (exact) mass is 382 g/mol. The highest BCUT2D eigenvalue weighted by atomic mass is 35.5. The number of benzene rings is 2. The van der Waals surface area contributed by atoms with Gasteiger partial charge in [-0.2, -0.15) is 4.31 Å². The first kappa shape index (κ1) is 19.2. The highest BCUT2D eigenvalue weighted by Gasteiger charge is 2.23. The predicted molar refractivity (Wildman–Crippen MR) is 97.5 cm³/mol. The van der Waals surface area contributed by atoms with Gasteiger partial charge in [0.05, 0.1) is 18.0 Å². The number of hydrogen-bond acceptors (Lipinski definition) is 4. The van der Waals surface area contributed by atoms with Gasteiger partial charge in [0.1, 0.15) is 5.75 Å². The molecule has 0 aliphatic rings. The van der Waals surface area contributed by atoms with E-state index in [1.54, 1.807) is 36.4 Å². The van der Waals surface area contributed by atoms with Crippen LogP contribution in [0.4, 0.5) is 5.69 Å². The molecule has 1 amide bonds. The standard InChI is InChI=1S/C17H19ClN2O4S/c1-3-24-15-7-9-16(10-8-15)25(22,23)20(2)12-17(21)19-14-6-4-5-13(18)11-14/h4-11H,3,12H2,1-2H3,(H,19,21). The summed E-state index contributed by atoms with van der Waals surface area (Å²) in [5, 5.41) is 3.09. The molecule has 134 valence electrons. The summed E-state index contributed by atoms with van der Waals surface area (Å²) in [6.45, 7) is 2.02. The SMILES string of the molecule is CCOc1ccc(S(=O)(=O)N(C)CC(=O)Nc2cccc(Cl)c2)cc1. The van der Waals surface area contributed by atoms with Gasteiger partial charge in [0.25, 0.3) is 0 Å². The second-order valence-corrected chi connectivity index (χ2v) is 7.71. The second-order valence-electron chi connectivity index (χ2n) is 5.22. The number of sulfonamides is 1. The molecule has 25 heavy (non-hydrogen) atoms. The Labute approximate surface area is 152 Å². The fourth-order valence-corrected chi connectivity index (χ4v) is 3.43. The zero-order valence-electron chi connectivity index (χ0n) is 13.9. The summed E-state index contributed by atoms with van der Waals surface area (Å²) in [6, 6.07) is 12.7. The van der Waals surface area contributed by atoms with E-state index < -0.39 is 15.9 Å². The quantitative estimate of drug-likeness (QED) is 0.798. The summed E-state index contributed by atoms with van der Waals surface area (Å²) >= 11 is 5.85. The van der Waals surface area contributed by atoms with E-state index in [0.717, 1.165) is 4.31 Å². The number of anilines is 1. The maximum atomic E-state index is 12.5. The number of hydrogen-bond donors (Lipinski definition) is 1. The topological polar surface area (TPSA) is 75.7 Å². The van der Waals surface area contributed by atoms with Crippen molar-refractivity contribution >= 4 is 33.2 Å². The molecule has 0 aliphatic carbocycles. The molecular formula is C17H19ClN2O4S. The summed E-state index contributed by atoms with van der Waals surface area (Å²) < 4.78 is 31.3. The number of halogens is 1. The van der Waals surface area contributed by atoms with Crippen LogP contribution in [-0.4, -0.2) is 38.8 Å². The van der Waals surface area contributed by atoms with E-state index in [1.165, 1.54) is 19.2 Å². The molecule has 0 heterocycles. The average Bonchev–Trinajstić information content (AvgIpc) is 2.55. The largest absolute Gasteiger partial charge is 0.494 e. The third-order valence-electron chi connectivity index (χ3n) is 3.32. The Hall–Kier alpha value is -2.09. The molecule has 0 saturated carbocycles. The van der Waals surface area contributed by atoms with Crippen molar-refractivity contribution in [3.8, 4) is 5.75 Å². The Balaban J connectivity index is 2.05. The highest BCUT2D eigenvalue weighted by molar-refractivity contribution is 7.89. The van der Waals surface area contributed by atoms with Crippen LogP contribution in [0.5, 0.6) is 5.75 Å². The Bertz CT molecular complexity index is 838. The van der Waals surface area contributed by atoms with Crippen LogP contribution in [0.15, 0.2) is 53.4 Å². The maximum absolute atomic E-state index is 12.5. The smallest absolute Gasteiger partial charge is 0.243 e. The first-order chi connectivity index (χ1) is 11.8. The van der Waals surface area contributed by atoms with Crippen LogP contribution in [-0.2, 0) is 14.8 Å². The second kappa shape index (κ2) is 8.33. The van der Waals surface area contributed by atoms with Crippen LogP contribution in [0.1, 0.15) is 6.92 Å². The lowest BCUT2D eigenvalue weighted by atomic mass is 10.3. The third-order valence-corrected chi connectivity index (χ3v) is 5.37. The molecule has 2 aromatic carbocycles. The molecule has 0 fully saturated rings. The molecule has 0 atom stereocenters. The van der Waals surface area contributed by atoms with E-state index in [2.05, 4.69) is 5.32 Å². The lowest BCUT2D eigenvalue weighted by Crippen LogP contribution is -2.34. The zero-order chi connectivity index (χ0) is 18.4. The van der Waals surface area contributed by atoms with E-state index in [1.807, 2.05) is 6.92 Å². The fourth-order valence-electron chi connectivity index (χ4n) is 2.11.